The van der Waals surface area contributed by atoms with Crippen LogP contribution in [-0.4, -0.2) is 71.5 Å². The SMILES string of the molecule is C=CC(=O)N1CC2(CCN(c3cc(N4CCCC(O)C4)cc(-c4c(C)ccc5n[nH]c(C)c45)c3C#N)C2)C1. The topological polar surface area (TPSA) is 99.5 Å². The van der Waals surface area contributed by atoms with E-state index in [-0.39, 0.29) is 17.4 Å². The molecule has 2 aromatic carbocycles. The van der Waals surface area contributed by atoms with E-state index in [0.717, 1.165) is 96.6 Å². The predicted octanol–water partition coefficient (Wildman–Crippen LogP) is 3.90. The fourth-order valence-electron chi connectivity index (χ4n) is 6.71. The largest absolute Gasteiger partial charge is 0.391 e. The van der Waals surface area contributed by atoms with Crippen LogP contribution >= 0.6 is 0 Å². The Morgan fingerprint density at radius 2 is 2.05 bits per heavy atom. The van der Waals surface area contributed by atoms with Crippen molar-refractivity contribution in [2.45, 2.75) is 39.2 Å². The Hall–Kier alpha value is -3.83. The summed E-state index contributed by atoms with van der Waals surface area (Å²) in [6.07, 6.45) is 3.76. The Bertz CT molecular complexity index is 1480. The Balaban J connectivity index is 1.48. The van der Waals surface area contributed by atoms with Crippen LogP contribution in [0.3, 0.4) is 0 Å². The highest BCUT2D eigenvalue weighted by molar-refractivity contribution is 6.01. The van der Waals surface area contributed by atoms with Gasteiger partial charge in [-0.1, -0.05) is 12.6 Å². The zero-order valence-corrected chi connectivity index (χ0v) is 22.1. The van der Waals surface area contributed by atoms with Crippen molar-refractivity contribution in [2.75, 3.05) is 49.1 Å². The summed E-state index contributed by atoms with van der Waals surface area (Å²) in [5, 5.41) is 29.7. The van der Waals surface area contributed by atoms with Gasteiger partial charge in [0.05, 0.1) is 22.9 Å². The van der Waals surface area contributed by atoms with Crippen molar-refractivity contribution in [3.05, 3.63) is 53.7 Å². The molecule has 8 heteroatoms. The molecule has 6 rings (SSSR count). The number of benzene rings is 2. The fourth-order valence-corrected chi connectivity index (χ4v) is 6.71. The van der Waals surface area contributed by atoms with Crippen molar-refractivity contribution in [3.63, 3.8) is 0 Å². The van der Waals surface area contributed by atoms with Crippen molar-refractivity contribution in [3.8, 4) is 17.2 Å². The Kier molecular flexibility index (Phi) is 5.92. The molecule has 3 aromatic rings. The summed E-state index contributed by atoms with van der Waals surface area (Å²) in [5.74, 6) is -0.0150. The normalized spacial score (nSPS) is 20.6. The van der Waals surface area contributed by atoms with E-state index in [4.69, 9.17) is 0 Å². The summed E-state index contributed by atoms with van der Waals surface area (Å²) in [6, 6.07) is 10.9. The lowest BCUT2D eigenvalue weighted by Gasteiger charge is -2.47. The number of nitrogens with zero attached hydrogens (tertiary/aromatic N) is 5. The molecule has 0 aliphatic carbocycles. The lowest BCUT2D eigenvalue weighted by atomic mass is 9.79. The fraction of sp³-hybridized carbons (Fsp3) is 0.433. The molecule has 0 radical (unpaired) electrons. The summed E-state index contributed by atoms with van der Waals surface area (Å²) < 4.78 is 0. The number of anilines is 2. The number of rotatable bonds is 4. The quantitative estimate of drug-likeness (QED) is 0.517. The number of nitrogens with one attached hydrogen (secondary N) is 1. The van der Waals surface area contributed by atoms with Gasteiger partial charge in [-0.2, -0.15) is 10.4 Å². The van der Waals surface area contributed by atoms with Crippen LogP contribution in [-0.2, 0) is 4.79 Å². The number of hydrogen-bond donors (Lipinski definition) is 2. The zero-order chi connectivity index (χ0) is 26.6. The van der Waals surface area contributed by atoms with Crippen molar-refractivity contribution in [2.24, 2.45) is 5.41 Å². The van der Waals surface area contributed by atoms with Crippen LogP contribution in [0, 0.1) is 30.6 Å². The molecule has 1 aromatic heterocycles. The first-order valence-corrected chi connectivity index (χ1v) is 13.4. The second-order valence-electron chi connectivity index (χ2n) is 11.3. The van der Waals surface area contributed by atoms with E-state index in [0.29, 0.717) is 12.1 Å². The van der Waals surface area contributed by atoms with Crippen LogP contribution in [0.15, 0.2) is 36.9 Å². The van der Waals surface area contributed by atoms with Crippen LogP contribution in [0.1, 0.15) is 36.1 Å². The minimum atomic E-state index is -0.356. The average molecular weight is 511 g/mol. The molecule has 3 aliphatic heterocycles. The first-order chi connectivity index (χ1) is 18.3. The number of aryl methyl sites for hydroxylation is 2. The van der Waals surface area contributed by atoms with Crippen molar-refractivity contribution >= 4 is 28.2 Å². The van der Waals surface area contributed by atoms with Gasteiger partial charge in [-0.25, -0.2) is 0 Å². The third-order valence-electron chi connectivity index (χ3n) is 8.67. The van der Waals surface area contributed by atoms with Gasteiger partial charge in [-0.3, -0.25) is 9.89 Å². The van der Waals surface area contributed by atoms with Gasteiger partial charge in [-0.15, -0.1) is 0 Å². The van der Waals surface area contributed by atoms with Gasteiger partial charge in [0.15, 0.2) is 0 Å². The number of fused-ring (bicyclic) bond motifs is 1. The maximum absolute atomic E-state index is 12.1. The van der Waals surface area contributed by atoms with Gasteiger partial charge in [0.1, 0.15) is 6.07 Å². The number of H-pyrrole nitrogens is 1. The van der Waals surface area contributed by atoms with E-state index >= 15 is 0 Å². The minimum absolute atomic E-state index is 0.0150. The number of aromatic nitrogens is 2. The number of β-amino-alcohol motifs (C(OH)–C–C–N with tert-alkyl or cyclic N) is 1. The lowest BCUT2D eigenvalue weighted by molar-refractivity contribution is -0.136. The van der Waals surface area contributed by atoms with Gasteiger partial charge in [0, 0.05) is 67.0 Å². The molecule has 4 heterocycles. The third kappa shape index (κ3) is 3.93. The molecule has 1 spiro atoms. The molecular weight excluding hydrogens is 476 g/mol. The first-order valence-electron chi connectivity index (χ1n) is 13.4. The Morgan fingerprint density at radius 1 is 1.24 bits per heavy atom. The van der Waals surface area contributed by atoms with E-state index in [1.54, 1.807) is 0 Å². The highest BCUT2D eigenvalue weighted by Gasteiger charge is 2.49. The van der Waals surface area contributed by atoms with Gasteiger partial charge in [0.25, 0.3) is 0 Å². The number of carbonyl (C=O) groups excluding carboxylic acids is 1. The molecule has 3 aliphatic rings. The molecule has 38 heavy (non-hydrogen) atoms. The molecule has 1 unspecified atom stereocenters. The number of aliphatic hydroxyl groups is 1. The molecule has 2 N–H and O–H groups in total. The van der Waals surface area contributed by atoms with Crippen molar-refractivity contribution in [1.29, 1.82) is 5.26 Å². The second-order valence-corrected chi connectivity index (χ2v) is 11.3. The van der Waals surface area contributed by atoms with Gasteiger partial charge >= 0.3 is 0 Å². The first kappa shape index (κ1) is 24.5. The molecule has 196 valence electrons. The molecule has 0 saturated carbocycles. The molecule has 8 nitrogen and oxygen atoms in total. The van der Waals surface area contributed by atoms with E-state index in [9.17, 15) is 15.2 Å². The average Bonchev–Trinajstić information content (AvgIpc) is 3.51. The molecule has 1 atom stereocenters. The van der Waals surface area contributed by atoms with Crippen molar-refractivity contribution < 1.29 is 9.90 Å². The number of hydrogen-bond acceptors (Lipinski definition) is 6. The van der Waals surface area contributed by atoms with Crippen LogP contribution < -0.4 is 9.80 Å². The Labute approximate surface area is 223 Å². The number of nitriles is 1. The number of likely N-dealkylation sites (tertiary alicyclic amines) is 1. The number of carbonyl (C=O) groups is 1. The van der Waals surface area contributed by atoms with Crippen LogP contribution in [0.2, 0.25) is 0 Å². The highest BCUT2D eigenvalue weighted by Crippen LogP contribution is 2.46. The van der Waals surface area contributed by atoms with E-state index in [1.165, 1.54) is 6.08 Å². The number of piperidine rings is 1. The molecule has 3 fully saturated rings. The lowest BCUT2D eigenvalue weighted by Crippen LogP contribution is -2.59. The third-order valence-corrected chi connectivity index (χ3v) is 8.67. The maximum atomic E-state index is 12.1. The summed E-state index contributed by atoms with van der Waals surface area (Å²) in [6.45, 7) is 12.3. The Morgan fingerprint density at radius 3 is 2.79 bits per heavy atom. The summed E-state index contributed by atoms with van der Waals surface area (Å²) >= 11 is 0. The summed E-state index contributed by atoms with van der Waals surface area (Å²) in [4.78, 5) is 18.5. The van der Waals surface area contributed by atoms with Crippen molar-refractivity contribution in [1.82, 2.24) is 15.1 Å². The molecule has 1 amide bonds. The zero-order valence-electron chi connectivity index (χ0n) is 22.1. The summed E-state index contributed by atoms with van der Waals surface area (Å²) in [5.41, 5.74) is 7.58. The summed E-state index contributed by atoms with van der Waals surface area (Å²) in [7, 11) is 0. The van der Waals surface area contributed by atoms with Gasteiger partial charge < -0.3 is 19.8 Å². The predicted molar refractivity (Wildman–Crippen MR) is 149 cm³/mol. The van der Waals surface area contributed by atoms with Gasteiger partial charge in [0.2, 0.25) is 5.91 Å². The van der Waals surface area contributed by atoms with Gasteiger partial charge in [-0.05, 0) is 68.5 Å². The van der Waals surface area contributed by atoms with E-state index in [1.807, 2.05) is 17.9 Å². The number of aromatic amines is 1. The number of aliphatic hydroxyl groups excluding tert-OH is 1. The van der Waals surface area contributed by atoms with Crippen LogP contribution in [0.5, 0.6) is 0 Å². The van der Waals surface area contributed by atoms with E-state index in [2.05, 4.69) is 57.8 Å². The van der Waals surface area contributed by atoms with Crippen LogP contribution in [0.4, 0.5) is 11.4 Å². The standard InChI is InChI=1S/C30H34N6O2/c1-4-27(38)36-17-30(18-36)9-11-35(16-30)26-13-21(34-10-5-6-22(37)15-34)12-23(24(26)14-31)28-19(2)7-8-25-29(28)20(3)32-33-25/h4,7-8,12-13,22,37H,1,5-6,9-11,15-18H2,2-3H3,(H,32,33). The molecular formula is C30H34N6O2. The van der Waals surface area contributed by atoms with Crippen LogP contribution in [0.25, 0.3) is 22.0 Å². The smallest absolute Gasteiger partial charge is 0.245 e. The molecule has 3 saturated heterocycles. The number of amides is 1. The highest BCUT2D eigenvalue weighted by atomic mass is 16.3. The van der Waals surface area contributed by atoms with E-state index < -0.39 is 0 Å². The maximum Gasteiger partial charge on any atom is 0.245 e. The molecule has 0 bridgehead atoms. The monoisotopic (exact) mass is 510 g/mol. The second kappa shape index (κ2) is 9.17. The minimum Gasteiger partial charge on any atom is -0.391 e.